The maximum atomic E-state index is 11.7. The van der Waals surface area contributed by atoms with Gasteiger partial charge in [-0.1, -0.05) is 0 Å². The van der Waals surface area contributed by atoms with Gasteiger partial charge >= 0.3 is 5.97 Å². The van der Waals surface area contributed by atoms with Gasteiger partial charge in [0.25, 0.3) is 0 Å². The third-order valence-electron chi connectivity index (χ3n) is 2.36. The number of nitroso groups, excluding NO2 is 1. The van der Waals surface area contributed by atoms with Crippen molar-refractivity contribution in [3.63, 3.8) is 0 Å². The molecule has 0 aromatic heterocycles. The minimum absolute atomic E-state index is 0.0384. The Morgan fingerprint density at radius 2 is 1.95 bits per heavy atom. The zero-order valence-corrected chi connectivity index (χ0v) is 13.1. The van der Waals surface area contributed by atoms with Crippen LogP contribution in [0.1, 0.15) is 12.8 Å². The molecule has 0 aliphatic carbocycles. The highest BCUT2D eigenvalue weighted by Crippen LogP contribution is 2.05. The molecule has 0 aromatic rings. The van der Waals surface area contributed by atoms with Gasteiger partial charge in [-0.25, -0.2) is 0 Å². The maximum Gasteiger partial charge on any atom is 0.322 e. The van der Waals surface area contributed by atoms with Crippen LogP contribution in [-0.4, -0.2) is 52.4 Å². The molecule has 5 N–H and O–H groups in total. The van der Waals surface area contributed by atoms with Crippen LogP contribution >= 0.6 is 24.6 Å². The van der Waals surface area contributed by atoms with E-state index in [4.69, 9.17) is 10.8 Å². The van der Waals surface area contributed by atoms with Gasteiger partial charge in [0.1, 0.15) is 12.6 Å². The fraction of sp³-hybridized carbons (Fsp3) is 0.600. The normalized spacial score (nSPS) is 12.8. The van der Waals surface area contributed by atoms with Crippen LogP contribution in [-0.2, 0) is 19.2 Å². The lowest BCUT2D eigenvalue weighted by molar-refractivity contribution is -0.138. The SMILES string of the molecule is N[C@@H](CCC(=O)N[C@@H](CSN=O)C(=O)NCC(=O)O)C(=O)S. The Morgan fingerprint density at radius 1 is 1.32 bits per heavy atom. The summed E-state index contributed by atoms with van der Waals surface area (Å²) in [5, 5.41) is 12.3. The Bertz CT molecular complexity index is 447. The molecule has 10 nitrogen and oxygen atoms in total. The summed E-state index contributed by atoms with van der Waals surface area (Å²) in [5.41, 5.74) is 5.41. The van der Waals surface area contributed by atoms with Gasteiger partial charge in [-0.3, -0.25) is 19.2 Å². The number of carbonyl (C=O) groups is 4. The van der Waals surface area contributed by atoms with E-state index in [9.17, 15) is 24.1 Å². The van der Waals surface area contributed by atoms with Crippen molar-refractivity contribution in [3.05, 3.63) is 4.91 Å². The molecule has 0 aliphatic rings. The van der Waals surface area contributed by atoms with Gasteiger partial charge in [0.2, 0.25) is 16.9 Å². The van der Waals surface area contributed by atoms with Gasteiger partial charge in [0.15, 0.2) is 0 Å². The van der Waals surface area contributed by atoms with E-state index < -0.39 is 41.5 Å². The molecule has 0 rings (SSSR count). The van der Waals surface area contributed by atoms with E-state index in [0.717, 1.165) is 0 Å². The molecule has 0 heterocycles. The number of aliphatic carboxylic acids is 1. The monoisotopic (exact) mass is 352 g/mol. The second-order valence-electron chi connectivity index (χ2n) is 4.09. The lowest BCUT2D eigenvalue weighted by Gasteiger charge is -2.16. The maximum absolute atomic E-state index is 11.7. The number of hydrogen-bond acceptors (Lipinski definition) is 8. The topological polar surface area (TPSA) is 168 Å². The van der Waals surface area contributed by atoms with E-state index in [2.05, 4.69) is 27.8 Å². The highest BCUT2D eigenvalue weighted by Gasteiger charge is 2.22. The van der Waals surface area contributed by atoms with Crippen LogP contribution in [0.15, 0.2) is 4.58 Å². The summed E-state index contributed by atoms with van der Waals surface area (Å²) in [6.45, 7) is -0.622. The van der Waals surface area contributed by atoms with E-state index >= 15 is 0 Å². The van der Waals surface area contributed by atoms with Crippen LogP contribution in [0.25, 0.3) is 0 Å². The van der Waals surface area contributed by atoms with Crippen molar-refractivity contribution < 1.29 is 24.3 Å². The third kappa shape index (κ3) is 9.31. The standard InChI is InChI=1S/C10H16N4O6S2/c11-5(10(19)21)1-2-7(15)13-6(4-22-14-20)9(18)12-3-8(16)17/h5-6H,1-4,11H2,(H,12,18)(H,13,15)(H,16,17)(H,19,21)/t5-,6-/m0/s1. The summed E-state index contributed by atoms with van der Waals surface area (Å²) in [4.78, 5) is 54.6. The van der Waals surface area contributed by atoms with E-state index in [-0.39, 0.29) is 18.6 Å². The number of amides is 2. The summed E-state index contributed by atoms with van der Waals surface area (Å²) in [6, 6.07) is -2.03. The first-order valence-corrected chi connectivity index (χ1v) is 7.38. The number of nitrogens with two attached hydrogens (primary N) is 1. The van der Waals surface area contributed by atoms with E-state index in [1.54, 1.807) is 0 Å². The van der Waals surface area contributed by atoms with Crippen LogP contribution in [0.5, 0.6) is 0 Å². The van der Waals surface area contributed by atoms with Crippen LogP contribution in [0, 0.1) is 4.91 Å². The van der Waals surface area contributed by atoms with Crippen molar-refractivity contribution in [3.8, 4) is 0 Å². The number of hydrogen-bond donors (Lipinski definition) is 5. The summed E-state index contributed by atoms with van der Waals surface area (Å²) < 4.78 is 2.50. The molecule has 0 spiro atoms. The molecule has 0 bridgehead atoms. The quantitative estimate of drug-likeness (QED) is 0.173. The number of carbonyl (C=O) groups excluding carboxylic acids is 3. The lowest BCUT2D eigenvalue weighted by Crippen LogP contribution is -2.49. The van der Waals surface area contributed by atoms with Crippen molar-refractivity contribution >= 4 is 47.5 Å². The molecule has 2 amide bonds. The predicted octanol–water partition coefficient (Wildman–Crippen LogP) is -1.35. The summed E-state index contributed by atoms with van der Waals surface area (Å²) in [6.07, 6.45) is -0.0912. The second kappa shape index (κ2) is 11.0. The van der Waals surface area contributed by atoms with Crippen LogP contribution in [0.4, 0.5) is 0 Å². The first kappa shape index (κ1) is 20.3. The second-order valence-corrected chi connectivity index (χ2v) is 5.27. The summed E-state index contributed by atoms with van der Waals surface area (Å²) in [5.74, 6) is -2.75. The van der Waals surface area contributed by atoms with Gasteiger partial charge in [-0.2, -0.15) is 0 Å². The van der Waals surface area contributed by atoms with Gasteiger partial charge in [0.05, 0.1) is 6.04 Å². The average molecular weight is 352 g/mol. The van der Waals surface area contributed by atoms with Crippen molar-refractivity contribution in [1.29, 1.82) is 0 Å². The number of carboxylic acid groups (broad SMARTS) is 1. The highest BCUT2D eigenvalue weighted by atomic mass is 32.2. The molecule has 124 valence electrons. The molecule has 22 heavy (non-hydrogen) atoms. The molecule has 0 radical (unpaired) electrons. The number of thiol groups is 1. The van der Waals surface area contributed by atoms with Crippen molar-refractivity contribution in [1.82, 2.24) is 10.6 Å². The largest absolute Gasteiger partial charge is 0.480 e. The number of carboxylic acids is 1. The Morgan fingerprint density at radius 3 is 2.45 bits per heavy atom. The highest BCUT2D eigenvalue weighted by molar-refractivity contribution is 7.98. The summed E-state index contributed by atoms with van der Waals surface area (Å²) >= 11 is 4.03. The molecule has 12 heteroatoms. The number of rotatable bonds is 11. The van der Waals surface area contributed by atoms with Gasteiger partial charge < -0.3 is 21.5 Å². The minimum Gasteiger partial charge on any atom is -0.480 e. The van der Waals surface area contributed by atoms with E-state index in [1.165, 1.54) is 0 Å². The average Bonchev–Trinajstić information content (AvgIpc) is 2.46. The Hall–Kier alpha value is -1.66. The van der Waals surface area contributed by atoms with Gasteiger partial charge in [-0.05, 0) is 6.42 Å². The number of nitrogens with zero attached hydrogens (tertiary/aromatic N) is 1. The zero-order chi connectivity index (χ0) is 17.1. The van der Waals surface area contributed by atoms with E-state index in [0.29, 0.717) is 11.9 Å². The smallest absolute Gasteiger partial charge is 0.322 e. The lowest BCUT2D eigenvalue weighted by atomic mass is 10.1. The molecule has 0 saturated carbocycles. The van der Waals surface area contributed by atoms with Crippen LogP contribution in [0.3, 0.4) is 0 Å². The predicted molar refractivity (Wildman–Crippen MR) is 82.0 cm³/mol. The Labute approximate surface area is 135 Å². The fourth-order valence-corrected chi connectivity index (χ4v) is 1.82. The van der Waals surface area contributed by atoms with Crippen molar-refractivity contribution in [2.45, 2.75) is 24.9 Å². The Kier molecular flexibility index (Phi) is 10.2. The molecular formula is C10H16N4O6S2. The molecule has 0 aliphatic heterocycles. The zero-order valence-electron chi connectivity index (χ0n) is 11.4. The van der Waals surface area contributed by atoms with Crippen molar-refractivity contribution in [2.24, 2.45) is 10.3 Å². The van der Waals surface area contributed by atoms with Crippen molar-refractivity contribution in [2.75, 3.05) is 12.3 Å². The molecular weight excluding hydrogens is 336 g/mol. The van der Waals surface area contributed by atoms with Gasteiger partial charge in [-0.15, -0.1) is 17.5 Å². The van der Waals surface area contributed by atoms with Crippen LogP contribution in [0.2, 0.25) is 0 Å². The first-order valence-electron chi connectivity index (χ1n) is 5.99. The molecule has 0 saturated heterocycles. The fourth-order valence-electron chi connectivity index (χ4n) is 1.25. The molecule has 0 unspecified atom stereocenters. The number of nitrogens with one attached hydrogen (secondary N) is 2. The Balaban J connectivity index is 4.46. The van der Waals surface area contributed by atoms with Gasteiger partial charge in [0, 0.05) is 28.7 Å². The third-order valence-corrected chi connectivity index (χ3v) is 3.28. The molecule has 0 fully saturated rings. The van der Waals surface area contributed by atoms with E-state index in [1.807, 2.05) is 0 Å². The minimum atomic E-state index is -1.25. The molecule has 2 atom stereocenters. The molecule has 0 aromatic carbocycles. The summed E-state index contributed by atoms with van der Waals surface area (Å²) in [7, 11) is 0. The first-order chi connectivity index (χ1) is 10.3. The van der Waals surface area contributed by atoms with Crippen LogP contribution < -0.4 is 16.4 Å².